The van der Waals surface area contributed by atoms with Crippen LogP contribution in [-0.2, 0) is 5.75 Å². The molecule has 1 aromatic rings. The number of benzene rings is 1. The minimum atomic E-state index is -0.869. The molecular formula is C8H9F2N3S. The van der Waals surface area contributed by atoms with Gasteiger partial charge in [-0.25, -0.2) is 8.78 Å². The first kappa shape index (κ1) is 10.8. The highest BCUT2D eigenvalue weighted by Crippen LogP contribution is 2.17. The second-order valence-corrected chi connectivity index (χ2v) is 3.46. The van der Waals surface area contributed by atoms with Crippen molar-refractivity contribution in [1.29, 1.82) is 0 Å². The van der Waals surface area contributed by atoms with Crippen LogP contribution in [0.5, 0.6) is 0 Å². The van der Waals surface area contributed by atoms with E-state index in [0.717, 1.165) is 17.8 Å². The maximum Gasteiger partial charge on any atom is 0.177 e. The molecule has 0 spiro atoms. The summed E-state index contributed by atoms with van der Waals surface area (Å²) in [7, 11) is 0. The van der Waals surface area contributed by atoms with Crippen molar-refractivity contribution in [3.05, 3.63) is 35.4 Å². The van der Waals surface area contributed by atoms with Crippen molar-refractivity contribution in [2.24, 2.45) is 16.7 Å². The lowest BCUT2D eigenvalue weighted by molar-refractivity contribution is 0.502. The van der Waals surface area contributed by atoms with Crippen LogP contribution in [0.15, 0.2) is 23.3 Å². The van der Waals surface area contributed by atoms with Gasteiger partial charge in [0, 0.05) is 11.3 Å². The van der Waals surface area contributed by atoms with E-state index in [1.54, 1.807) is 0 Å². The molecule has 0 aliphatic carbocycles. The zero-order chi connectivity index (χ0) is 10.6. The van der Waals surface area contributed by atoms with Gasteiger partial charge in [0.25, 0.3) is 0 Å². The van der Waals surface area contributed by atoms with Crippen molar-refractivity contribution >= 4 is 16.9 Å². The average molecular weight is 217 g/mol. The molecule has 14 heavy (non-hydrogen) atoms. The van der Waals surface area contributed by atoms with Crippen molar-refractivity contribution in [2.45, 2.75) is 5.75 Å². The lowest BCUT2D eigenvalue weighted by Gasteiger charge is -2.02. The Labute approximate surface area is 84.2 Å². The van der Waals surface area contributed by atoms with Crippen LogP contribution in [0.3, 0.4) is 0 Å². The van der Waals surface area contributed by atoms with E-state index in [9.17, 15) is 8.78 Å². The van der Waals surface area contributed by atoms with E-state index in [-0.39, 0.29) is 16.5 Å². The Kier molecular flexibility index (Phi) is 3.70. The van der Waals surface area contributed by atoms with Crippen molar-refractivity contribution in [3.63, 3.8) is 0 Å². The van der Waals surface area contributed by atoms with E-state index in [0.29, 0.717) is 0 Å². The van der Waals surface area contributed by atoms with Gasteiger partial charge in [0.15, 0.2) is 16.8 Å². The summed E-state index contributed by atoms with van der Waals surface area (Å²) in [5, 5.41) is 3.33. The first-order chi connectivity index (χ1) is 6.65. The maximum atomic E-state index is 13.1. The molecule has 4 N–H and O–H groups in total. The first-order valence-electron chi connectivity index (χ1n) is 3.74. The van der Waals surface area contributed by atoms with Crippen LogP contribution in [0.2, 0.25) is 0 Å². The van der Waals surface area contributed by atoms with Crippen molar-refractivity contribution in [3.8, 4) is 0 Å². The summed E-state index contributed by atoms with van der Waals surface area (Å²) in [6, 6.07) is 3.98. The Hall–Kier alpha value is -1.30. The van der Waals surface area contributed by atoms with Gasteiger partial charge in [-0.2, -0.15) is 5.10 Å². The van der Waals surface area contributed by atoms with E-state index >= 15 is 0 Å². The molecule has 0 atom stereocenters. The van der Waals surface area contributed by atoms with E-state index in [1.165, 1.54) is 12.1 Å². The molecule has 1 aromatic carbocycles. The number of thioether (sulfide) groups is 1. The summed E-state index contributed by atoms with van der Waals surface area (Å²) in [6.07, 6.45) is 0. The third kappa shape index (κ3) is 2.59. The average Bonchev–Trinajstić information content (AvgIpc) is 2.20. The largest absolute Gasteiger partial charge is 0.377 e. The minimum Gasteiger partial charge on any atom is -0.377 e. The molecule has 0 aliphatic heterocycles. The monoisotopic (exact) mass is 217 g/mol. The predicted molar refractivity (Wildman–Crippen MR) is 53.5 cm³/mol. The molecule has 0 bridgehead atoms. The molecule has 6 heteroatoms. The normalized spacial score (nSPS) is 11.7. The fourth-order valence-corrected chi connectivity index (χ4v) is 1.45. The van der Waals surface area contributed by atoms with Gasteiger partial charge in [-0.05, 0) is 6.07 Å². The van der Waals surface area contributed by atoms with Crippen LogP contribution in [0.1, 0.15) is 5.56 Å². The number of hydrogen-bond acceptors (Lipinski definition) is 3. The number of amidine groups is 1. The Bertz CT molecular complexity index is 354. The lowest BCUT2D eigenvalue weighted by atomic mass is 10.2. The summed E-state index contributed by atoms with van der Waals surface area (Å²) in [5.74, 6) is 3.36. The lowest BCUT2D eigenvalue weighted by Crippen LogP contribution is -2.09. The number of hydrazone groups is 1. The fraction of sp³-hybridized carbons (Fsp3) is 0.125. The highest BCUT2D eigenvalue weighted by Gasteiger charge is 2.07. The fourth-order valence-electron chi connectivity index (χ4n) is 0.849. The second kappa shape index (κ2) is 4.80. The quantitative estimate of drug-likeness (QED) is 0.340. The van der Waals surface area contributed by atoms with Gasteiger partial charge in [-0.3, -0.25) is 0 Å². The minimum absolute atomic E-state index is 0.133. The summed E-state index contributed by atoms with van der Waals surface area (Å²) in [5.41, 5.74) is 5.52. The van der Waals surface area contributed by atoms with Crippen LogP contribution >= 0.6 is 11.8 Å². The molecule has 3 nitrogen and oxygen atoms in total. The second-order valence-electron chi connectivity index (χ2n) is 2.47. The van der Waals surface area contributed by atoms with Crippen LogP contribution in [0.4, 0.5) is 8.78 Å². The van der Waals surface area contributed by atoms with Gasteiger partial charge >= 0.3 is 0 Å². The molecule has 0 fully saturated rings. The smallest absolute Gasteiger partial charge is 0.177 e. The molecule has 0 radical (unpaired) electrons. The van der Waals surface area contributed by atoms with Gasteiger partial charge in [0.05, 0.1) is 0 Å². The standard InChI is InChI=1S/C8H9F2N3S/c9-6-3-1-2-5(7(6)10)4-14-8(11)13-12/h1-3H,4,12H2,(H2,11,13). The number of nitrogens with zero attached hydrogens (tertiary/aromatic N) is 1. The van der Waals surface area contributed by atoms with E-state index in [4.69, 9.17) is 11.6 Å². The van der Waals surface area contributed by atoms with Crippen molar-refractivity contribution < 1.29 is 8.78 Å². The predicted octanol–water partition coefficient (Wildman–Crippen LogP) is 1.39. The van der Waals surface area contributed by atoms with E-state index in [1.807, 2.05) is 0 Å². The zero-order valence-corrected chi connectivity index (χ0v) is 8.02. The van der Waals surface area contributed by atoms with Crippen molar-refractivity contribution in [2.75, 3.05) is 0 Å². The first-order valence-corrected chi connectivity index (χ1v) is 4.72. The maximum absolute atomic E-state index is 13.1. The summed E-state index contributed by atoms with van der Waals surface area (Å²) < 4.78 is 25.8. The molecule has 0 heterocycles. The summed E-state index contributed by atoms with van der Waals surface area (Å²) in [4.78, 5) is 0. The topological polar surface area (TPSA) is 64.4 Å². The SMILES string of the molecule is NN=C(N)SCc1cccc(F)c1F. The van der Waals surface area contributed by atoms with E-state index in [2.05, 4.69) is 5.10 Å². The molecule has 0 aliphatic rings. The molecule has 0 amide bonds. The van der Waals surface area contributed by atoms with Crippen LogP contribution in [0, 0.1) is 11.6 Å². The van der Waals surface area contributed by atoms with Gasteiger partial charge < -0.3 is 11.6 Å². The van der Waals surface area contributed by atoms with Gasteiger partial charge in [0.1, 0.15) is 0 Å². The van der Waals surface area contributed by atoms with Gasteiger partial charge in [0.2, 0.25) is 0 Å². The van der Waals surface area contributed by atoms with Crippen LogP contribution < -0.4 is 11.6 Å². The molecule has 0 aromatic heterocycles. The number of halogens is 2. The Morgan fingerprint density at radius 3 is 2.79 bits per heavy atom. The molecule has 1 rings (SSSR count). The number of rotatable bonds is 2. The molecular weight excluding hydrogens is 208 g/mol. The molecule has 76 valence electrons. The highest BCUT2D eigenvalue weighted by atomic mass is 32.2. The molecule has 0 saturated heterocycles. The zero-order valence-electron chi connectivity index (χ0n) is 7.21. The Balaban J connectivity index is 2.73. The van der Waals surface area contributed by atoms with Crippen LogP contribution in [-0.4, -0.2) is 5.17 Å². The van der Waals surface area contributed by atoms with Gasteiger partial charge in [-0.15, -0.1) is 0 Å². The highest BCUT2D eigenvalue weighted by molar-refractivity contribution is 8.13. The summed E-state index contributed by atoms with van der Waals surface area (Å²) >= 11 is 1.05. The third-order valence-electron chi connectivity index (χ3n) is 1.53. The number of hydrogen-bond donors (Lipinski definition) is 2. The van der Waals surface area contributed by atoms with Crippen molar-refractivity contribution in [1.82, 2.24) is 0 Å². The Morgan fingerprint density at radius 1 is 1.43 bits per heavy atom. The molecule has 0 unspecified atom stereocenters. The third-order valence-corrected chi connectivity index (χ3v) is 2.39. The molecule has 0 saturated carbocycles. The Morgan fingerprint density at radius 2 is 2.14 bits per heavy atom. The van der Waals surface area contributed by atoms with E-state index < -0.39 is 11.6 Å². The number of nitrogens with two attached hydrogens (primary N) is 2. The van der Waals surface area contributed by atoms with Crippen LogP contribution in [0.25, 0.3) is 0 Å². The summed E-state index contributed by atoms with van der Waals surface area (Å²) in [6.45, 7) is 0. The van der Waals surface area contributed by atoms with Gasteiger partial charge in [-0.1, -0.05) is 23.9 Å².